The first-order valence-electron chi connectivity index (χ1n) is 5.79. The zero-order valence-corrected chi connectivity index (χ0v) is 10.9. The van der Waals surface area contributed by atoms with Gasteiger partial charge in [-0.2, -0.15) is 0 Å². The quantitative estimate of drug-likeness (QED) is 0.862. The molecule has 0 aromatic heterocycles. The van der Waals surface area contributed by atoms with E-state index in [4.69, 9.17) is 22.1 Å². The highest BCUT2D eigenvalue weighted by Crippen LogP contribution is 2.22. The summed E-state index contributed by atoms with van der Waals surface area (Å²) in [6.07, 6.45) is 0.115. The smallest absolute Gasteiger partial charge is 0.405 e. The second-order valence-corrected chi connectivity index (χ2v) is 4.37. The molecule has 0 spiro atoms. The third-order valence-corrected chi connectivity index (χ3v) is 2.73. The summed E-state index contributed by atoms with van der Waals surface area (Å²) in [7, 11) is 0. The molecule has 18 heavy (non-hydrogen) atoms. The molecular weight excluding hydrogens is 254 g/mol. The van der Waals surface area contributed by atoms with Crippen LogP contribution in [0.5, 0.6) is 0 Å². The topological polar surface area (TPSA) is 69.4 Å². The maximum absolute atomic E-state index is 12.0. The summed E-state index contributed by atoms with van der Waals surface area (Å²) >= 11 is 5.77. The lowest BCUT2D eigenvalue weighted by molar-refractivity contribution is -0.127. The molecule has 98 valence electrons. The van der Waals surface area contributed by atoms with Gasteiger partial charge in [0.25, 0.3) is 0 Å². The number of nitrogens with two attached hydrogens (primary N) is 1. The number of hydrogen-bond donors (Lipinski definition) is 1. The Labute approximate surface area is 111 Å². The molecule has 0 bridgehead atoms. The molecule has 1 aromatic carbocycles. The van der Waals surface area contributed by atoms with Crippen molar-refractivity contribution in [2.75, 3.05) is 0 Å². The summed E-state index contributed by atoms with van der Waals surface area (Å²) in [6, 6.07) is 6.59. The number of benzene rings is 1. The van der Waals surface area contributed by atoms with Crippen LogP contribution in [0.2, 0.25) is 5.02 Å². The van der Waals surface area contributed by atoms with Crippen LogP contribution >= 0.6 is 11.6 Å². The molecule has 5 heteroatoms. The number of ketones is 1. The predicted octanol–water partition coefficient (Wildman–Crippen LogP) is 3.24. The number of carbonyl (C=O) groups is 2. The molecule has 1 amide bonds. The Balaban J connectivity index is 2.86. The van der Waals surface area contributed by atoms with Crippen molar-refractivity contribution in [2.24, 2.45) is 5.73 Å². The molecule has 0 radical (unpaired) electrons. The second-order valence-electron chi connectivity index (χ2n) is 3.94. The highest BCUT2D eigenvalue weighted by Gasteiger charge is 2.23. The monoisotopic (exact) mass is 269 g/mol. The molecule has 1 unspecified atom stereocenters. The Hall–Kier alpha value is -1.55. The van der Waals surface area contributed by atoms with Gasteiger partial charge < -0.3 is 10.5 Å². The van der Waals surface area contributed by atoms with Gasteiger partial charge in [0, 0.05) is 17.0 Å². The van der Waals surface area contributed by atoms with Crippen molar-refractivity contribution in [3.8, 4) is 0 Å². The second kappa shape index (κ2) is 7.01. The number of ether oxygens (including phenoxy) is 1. The highest BCUT2D eigenvalue weighted by molar-refractivity contribution is 6.30. The van der Waals surface area contributed by atoms with Crippen molar-refractivity contribution in [3.63, 3.8) is 0 Å². The molecular formula is C13H16ClNO3. The van der Waals surface area contributed by atoms with Gasteiger partial charge in [-0.3, -0.25) is 4.79 Å². The van der Waals surface area contributed by atoms with E-state index in [2.05, 4.69) is 0 Å². The Morgan fingerprint density at radius 1 is 1.33 bits per heavy atom. The van der Waals surface area contributed by atoms with Crippen molar-refractivity contribution < 1.29 is 14.3 Å². The molecule has 0 fully saturated rings. The average molecular weight is 270 g/mol. The van der Waals surface area contributed by atoms with Crippen LogP contribution in [0.25, 0.3) is 0 Å². The summed E-state index contributed by atoms with van der Waals surface area (Å²) in [5.74, 6) is -0.155. The molecule has 0 saturated heterocycles. The zero-order chi connectivity index (χ0) is 13.5. The van der Waals surface area contributed by atoms with Crippen LogP contribution in [0.15, 0.2) is 24.3 Å². The van der Waals surface area contributed by atoms with Crippen LogP contribution in [0, 0.1) is 0 Å². The Morgan fingerprint density at radius 2 is 1.94 bits per heavy atom. The fourth-order valence-electron chi connectivity index (χ4n) is 1.56. The van der Waals surface area contributed by atoms with Gasteiger partial charge in [-0.15, -0.1) is 0 Å². The van der Waals surface area contributed by atoms with Crippen molar-refractivity contribution in [1.29, 1.82) is 0 Å². The standard InChI is InChI=1S/C13H16ClNO3/c1-2-3-4-11(16)12(18-13(15)17)9-5-7-10(14)8-6-9/h5-8,12H,2-4H2,1H3,(H2,15,17). The number of unbranched alkanes of at least 4 members (excludes halogenated alkanes) is 1. The summed E-state index contributed by atoms with van der Waals surface area (Å²) < 4.78 is 4.88. The molecule has 2 N–H and O–H groups in total. The molecule has 4 nitrogen and oxygen atoms in total. The minimum Gasteiger partial charge on any atom is -0.433 e. The first kappa shape index (κ1) is 14.5. The number of hydrogen-bond acceptors (Lipinski definition) is 3. The normalized spacial score (nSPS) is 11.9. The van der Waals surface area contributed by atoms with Gasteiger partial charge in [0.1, 0.15) is 0 Å². The number of primary amides is 1. The van der Waals surface area contributed by atoms with E-state index in [1.807, 2.05) is 6.92 Å². The van der Waals surface area contributed by atoms with Crippen LogP contribution in [0.3, 0.4) is 0 Å². The lowest BCUT2D eigenvalue weighted by atomic mass is 10.0. The first-order chi connectivity index (χ1) is 8.54. The van der Waals surface area contributed by atoms with Crippen LogP contribution in [0.4, 0.5) is 4.79 Å². The summed E-state index contributed by atoms with van der Waals surface area (Å²) in [6.45, 7) is 1.99. The maximum atomic E-state index is 12.0. The lowest BCUT2D eigenvalue weighted by Gasteiger charge is -2.15. The number of amides is 1. The van der Waals surface area contributed by atoms with Gasteiger partial charge in [0.05, 0.1) is 0 Å². The van der Waals surface area contributed by atoms with Crippen LogP contribution in [-0.2, 0) is 9.53 Å². The van der Waals surface area contributed by atoms with Gasteiger partial charge in [-0.05, 0) is 18.6 Å². The summed E-state index contributed by atoms with van der Waals surface area (Å²) in [5.41, 5.74) is 5.57. The number of rotatable bonds is 6. The molecule has 0 aliphatic rings. The molecule has 0 aliphatic carbocycles. The minimum absolute atomic E-state index is 0.155. The van der Waals surface area contributed by atoms with Crippen LogP contribution < -0.4 is 5.73 Å². The minimum atomic E-state index is -0.959. The predicted molar refractivity (Wildman–Crippen MR) is 69.4 cm³/mol. The fourth-order valence-corrected chi connectivity index (χ4v) is 1.68. The van der Waals surface area contributed by atoms with Gasteiger partial charge in [-0.1, -0.05) is 37.1 Å². The van der Waals surface area contributed by atoms with E-state index in [0.717, 1.165) is 12.8 Å². The molecule has 0 heterocycles. The number of carbonyl (C=O) groups excluding carboxylic acids is 2. The van der Waals surface area contributed by atoms with Crippen molar-refractivity contribution in [1.82, 2.24) is 0 Å². The number of Topliss-reactive ketones (excluding diaryl/α,β-unsaturated/α-hetero) is 1. The Morgan fingerprint density at radius 3 is 2.44 bits per heavy atom. The van der Waals surface area contributed by atoms with E-state index in [1.54, 1.807) is 24.3 Å². The average Bonchev–Trinajstić information content (AvgIpc) is 2.34. The van der Waals surface area contributed by atoms with Crippen LogP contribution in [-0.4, -0.2) is 11.9 Å². The Kier molecular flexibility index (Phi) is 5.65. The van der Waals surface area contributed by atoms with E-state index in [-0.39, 0.29) is 5.78 Å². The SMILES string of the molecule is CCCCC(=O)C(OC(N)=O)c1ccc(Cl)cc1. The highest BCUT2D eigenvalue weighted by atomic mass is 35.5. The third-order valence-electron chi connectivity index (χ3n) is 2.48. The van der Waals surface area contributed by atoms with Gasteiger partial charge in [0.2, 0.25) is 0 Å². The summed E-state index contributed by atoms with van der Waals surface area (Å²) in [4.78, 5) is 22.8. The molecule has 1 atom stereocenters. The van der Waals surface area contributed by atoms with E-state index < -0.39 is 12.2 Å². The van der Waals surface area contributed by atoms with E-state index >= 15 is 0 Å². The summed E-state index contributed by atoms with van der Waals surface area (Å²) in [5, 5.41) is 0.553. The van der Waals surface area contributed by atoms with Crippen LogP contribution in [0.1, 0.15) is 37.9 Å². The zero-order valence-electron chi connectivity index (χ0n) is 10.2. The molecule has 1 aromatic rings. The van der Waals surface area contributed by atoms with Gasteiger partial charge in [-0.25, -0.2) is 4.79 Å². The first-order valence-corrected chi connectivity index (χ1v) is 6.16. The van der Waals surface area contributed by atoms with Gasteiger partial charge >= 0.3 is 6.09 Å². The maximum Gasteiger partial charge on any atom is 0.405 e. The fraction of sp³-hybridized carbons (Fsp3) is 0.385. The molecule has 1 rings (SSSR count). The van der Waals surface area contributed by atoms with E-state index in [1.165, 1.54) is 0 Å². The van der Waals surface area contributed by atoms with E-state index in [0.29, 0.717) is 17.0 Å². The molecule has 0 aliphatic heterocycles. The lowest BCUT2D eigenvalue weighted by Crippen LogP contribution is -2.23. The Bertz CT molecular complexity index is 417. The third kappa shape index (κ3) is 4.37. The van der Waals surface area contributed by atoms with Crippen molar-refractivity contribution in [2.45, 2.75) is 32.3 Å². The van der Waals surface area contributed by atoms with Crippen molar-refractivity contribution >= 4 is 23.5 Å². The van der Waals surface area contributed by atoms with Gasteiger partial charge in [0.15, 0.2) is 11.9 Å². The largest absolute Gasteiger partial charge is 0.433 e. The van der Waals surface area contributed by atoms with Crippen molar-refractivity contribution in [3.05, 3.63) is 34.9 Å². The molecule has 0 saturated carbocycles. The van der Waals surface area contributed by atoms with E-state index in [9.17, 15) is 9.59 Å². The number of halogens is 1.